The standard InChI is InChI=1S/C23H20F4N6O2/c1-29-17-7-5-13(10-16(17)24)21-31-19(22(34)32-9-3-4-14(28)12-32)20(23(25,26)27)33(21)15-6-8-18(35-2)30-11-15/h5-8,10-11,14H,3-4,9,12,28H2,2H3/t14-/m1/s1. The zero-order chi connectivity index (χ0) is 25.3. The number of pyridine rings is 1. The minimum Gasteiger partial charge on any atom is -0.481 e. The molecule has 2 aromatic heterocycles. The topological polar surface area (TPSA) is 90.6 Å². The third-order valence-corrected chi connectivity index (χ3v) is 5.61. The van der Waals surface area contributed by atoms with Crippen molar-refractivity contribution in [1.82, 2.24) is 19.4 Å². The molecule has 0 unspecified atom stereocenters. The Morgan fingerprint density at radius 1 is 1.29 bits per heavy atom. The summed E-state index contributed by atoms with van der Waals surface area (Å²) in [5.74, 6) is -2.02. The van der Waals surface area contributed by atoms with E-state index in [9.17, 15) is 22.4 Å². The maximum absolute atomic E-state index is 14.5. The number of piperidine rings is 1. The number of ether oxygens (including phenoxy) is 1. The van der Waals surface area contributed by atoms with Crippen molar-refractivity contribution in [1.29, 1.82) is 0 Å². The molecule has 1 atom stereocenters. The first-order valence-corrected chi connectivity index (χ1v) is 10.6. The largest absolute Gasteiger partial charge is 0.481 e. The monoisotopic (exact) mass is 488 g/mol. The molecule has 1 aromatic carbocycles. The Morgan fingerprint density at radius 3 is 2.63 bits per heavy atom. The van der Waals surface area contributed by atoms with Gasteiger partial charge in [-0.1, -0.05) is 12.1 Å². The fraction of sp³-hybridized carbons (Fsp3) is 0.304. The van der Waals surface area contributed by atoms with Crippen LogP contribution in [0.15, 0.2) is 36.5 Å². The average molecular weight is 488 g/mol. The summed E-state index contributed by atoms with van der Waals surface area (Å²) < 4.78 is 63.5. The Hall–Kier alpha value is -3.98. The second-order valence-corrected chi connectivity index (χ2v) is 7.96. The van der Waals surface area contributed by atoms with Crippen molar-refractivity contribution in [3.63, 3.8) is 0 Å². The Kier molecular flexibility index (Phi) is 6.45. The molecule has 0 spiro atoms. The van der Waals surface area contributed by atoms with Gasteiger partial charge in [-0.15, -0.1) is 0 Å². The van der Waals surface area contributed by atoms with Gasteiger partial charge in [0.15, 0.2) is 11.4 Å². The fourth-order valence-electron chi connectivity index (χ4n) is 3.98. The highest BCUT2D eigenvalue weighted by Gasteiger charge is 2.44. The molecular weight excluding hydrogens is 468 g/mol. The lowest BCUT2D eigenvalue weighted by molar-refractivity contribution is -0.142. The van der Waals surface area contributed by atoms with Crippen molar-refractivity contribution in [2.75, 3.05) is 20.2 Å². The van der Waals surface area contributed by atoms with Gasteiger partial charge in [-0.2, -0.15) is 13.2 Å². The SMILES string of the molecule is [C-]#[N+]c1ccc(-c2nc(C(=O)N3CCC[C@@H](N)C3)c(C(F)(F)F)n2-c2ccc(OC)nc2)cc1F. The number of rotatable bonds is 4. The molecule has 1 aliphatic rings. The second-order valence-electron chi connectivity index (χ2n) is 7.96. The van der Waals surface area contributed by atoms with Crippen LogP contribution in [0.3, 0.4) is 0 Å². The highest BCUT2D eigenvalue weighted by atomic mass is 19.4. The summed E-state index contributed by atoms with van der Waals surface area (Å²) in [7, 11) is 1.35. The molecule has 1 fully saturated rings. The van der Waals surface area contributed by atoms with Gasteiger partial charge >= 0.3 is 6.18 Å². The maximum atomic E-state index is 14.5. The van der Waals surface area contributed by atoms with Crippen LogP contribution in [0, 0.1) is 12.4 Å². The number of hydrogen-bond acceptors (Lipinski definition) is 5. The van der Waals surface area contributed by atoms with Crippen LogP contribution in [0.2, 0.25) is 0 Å². The van der Waals surface area contributed by atoms with E-state index in [0.717, 1.165) is 22.9 Å². The number of imidazole rings is 1. The van der Waals surface area contributed by atoms with Gasteiger partial charge in [0.1, 0.15) is 11.6 Å². The van der Waals surface area contributed by atoms with Crippen LogP contribution < -0.4 is 10.5 Å². The molecule has 3 aromatic rings. The van der Waals surface area contributed by atoms with E-state index in [-0.39, 0.29) is 47.8 Å². The van der Waals surface area contributed by atoms with Crippen LogP contribution in [0.1, 0.15) is 29.0 Å². The zero-order valence-corrected chi connectivity index (χ0v) is 18.5. The molecule has 3 heterocycles. The van der Waals surface area contributed by atoms with Gasteiger partial charge in [0, 0.05) is 30.8 Å². The van der Waals surface area contributed by atoms with E-state index in [1.807, 2.05) is 0 Å². The highest BCUT2D eigenvalue weighted by molar-refractivity contribution is 5.95. The molecular formula is C23H20F4N6O2. The summed E-state index contributed by atoms with van der Waals surface area (Å²) in [6, 6.07) is 5.64. The van der Waals surface area contributed by atoms with Crippen molar-refractivity contribution in [3.8, 4) is 23.0 Å². The number of carbonyl (C=O) groups is 1. The Morgan fingerprint density at radius 2 is 2.06 bits per heavy atom. The first kappa shape index (κ1) is 24.2. The summed E-state index contributed by atoms with van der Waals surface area (Å²) in [4.78, 5) is 25.6. The Labute approximate surface area is 197 Å². The molecule has 12 heteroatoms. The molecule has 0 aliphatic carbocycles. The van der Waals surface area contributed by atoms with E-state index in [0.29, 0.717) is 12.8 Å². The van der Waals surface area contributed by atoms with Gasteiger partial charge in [0.25, 0.3) is 5.91 Å². The Balaban J connectivity index is 1.97. The number of benzene rings is 1. The van der Waals surface area contributed by atoms with Crippen molar-refractivity contribution in [2.24, 2.45) is 5.73 Å². The van der Waals surface area contributed by atoms with Crippen LogP contribution in [0.25, 0.3) is 21.9 Å². The number of aromatic nitrogens is 3. The molecule has 0 bridgehead atoms. The molecule has 2 N–H and O–H groups in total. The van der Waals surface area contributed by atoms with Crippen LogP contribution in [0.4, 0.5) is 23.2 Å². The van der Waals surface area contributed by atoms with Gasteiger partial charge in [0.05, 0.1) is 25.6 Å². The summed E-state index contributed by atoms with van der Waals surface area (Å²) in [5, 5.41) is 0. The zero-order valence-electron chi connectivity index (χ0n) is 18.5. The van der Waals surface area contributed by atoms with E-state index in [4.69, 9.17) is 17.0 Å². The number of carbonyl (C=O) groups excluding carboxylic acids is 1. The van der Waals surface area contributed by atoms with Crippen LogP contribution >= 0.6 is 0 Å². The first-order valence-electron chi connectivity index (χ1n) is 10.6. The van der Waals surface area contributed by atoms with Crippen LogP contribution in [-0.2, 0) is 6.18 Å². The van der Waals surface area contributed by atoms with Gasteiger partial charge in [-0.25, -0.2) is 19.2 Å². The van der Waals surface area contributed by atoms with Gasteiger partial charge in [-0.3, -0.25) is 9.36 Å². The van der Waals surface area contributed by atoms with Gasteiger partial charge < -0.3 is 15.4 Å². The quantitative estimate of drug-likeness (QED) is 0.439. The molecule has 1 amide bonds. The summed E-state index contributed by atoms with van der Waals surface area (Å²) in [6.07, 6.45) is -2.66. The molecule has 0 saturated carbocycles. The lowest BCUT2D eigenvalue weighted by Crippen LogP contribution is -2.46. The minimum atomic E-state index is -5.00. The number of halogens is 4. The number of nitrogens with zero attached hydrogens (tertiary/aromatic N) is 5. The summed E-state index contributed by atoms with van der Waals surface area (Å²) in [6.45, 7) is 7.35. The van der Waals surface area contributed by atoms with Crippen molar-refractivity contribution in [2.45, 2.75) is 25.1 Å². The van der Waals surface area contributed by atoms with E-state index >= 15 is 0 Å². The lowest BCUT2D eigenvalue weighted by atomic mass is 10.1. The normalized spacial score (nSPS) is 16.1. The van der Waals surface area contributed by atoms with Crippen molar-refractivity contribution in [3.05, 3.63) is 65.2 Å². The number of methoxy groups -OCH3 is 1. The first-order chi connectivity index (χ1) is 16.6. The van der Waals surface area contributed by atoms with E-state index in [1.165, 1.54) is 30.2 Å². The number of amides is 1. The predicted molar refractivity (Wildman–Crippen MR) is 118 cm³/mol. The van der Waals surface area contributed by atoms with Gasteiger partial charge in [-0.05, 0) is 25.0 Å². The average Bonchev–Trinajstić information content (AvgIpc) is 3.25. The number of hydrogen-bond donors (Lipinski definition) is 1. The van der Waals surface area contributed by atoms with Crippen molar-refractivity contribution < 1.29 is 27.1 Å². The number of likely N-dealkylation sites (tertiary alicyclic amines) is 1. The second kappa shape index (κ2) is 9.34. The van der Waals surface area contributed by atoms with Crippen LogP contribution in [-0.4, -0.2) is 51.6 Å². The summed E-state index contributed by atoms with van der Waals surface area (Å²) in [5.41, 5.74) is 3.36. The van der Waals surface area contributed by atoms with E-state index < -0.39 is 29.3 Å². The third kappa shape index (κ3) is 4.67. The van der Waals surface area contributed by atoms with Gasteiger partial charge in [0.2, 0.25) is 11.6 Å². The Bertz CT molecular complexity index is 1300. The highest BCUT2D eigenvalue weighted by Crippen LogP contribution is 2.39. The fourth-order valence-corrected chi connectivity index (χ4v) is 3.98. The molecule has 35 heavy (non-hydrogen) atoms. The van der Waals surface area contributed by atoms with Crippen LogP contribution in [0.5, 0.6) is 5.88 Å². The van der Waals surface area contributed by atoms with E-state index in [2.05, 4.69) is 14.8 Å². The maximum Gasteiger partial charge on any atom is 0.434 e. The molecule has 182 valence electrons. The predicted octanol–water partition coefficient (Wildman–Crippen LogP) is 4.21. The minimum absolute atomic E-state index is 0.0504. The smallest absolute Gasteiger partial charge is 0.434 e. The summed E-state index contributed by atoms with van der Waals surface area (Å²) >= 11 is 0. The molecule has 0 radical (unpaired) electrons. The number of alkyl halides is 3. The molecule has 4 rings (SSSR count). The van der Waals surface area contributed by atoms with Crippen molar-refractivity contribution >= 4 is 11.6 Å². The lowest BCUT2D eigenvalue weighted by Gasteiger charge is -2.30. The number of nitrogens with two attached hydrogens (primary N) is 1. The molecule has 8 nitrogen and oxygen atoms in total. The van der Waals surface area contributed by atoms with E-state index in [1.54, 1.807) is 0 Å². The molecule has 1 saturated heterocycles. The third-order valence-electron chi connectivity index (χ3n) is 5.61. The molecule has 1 aliphatic heterocycles.